The van der Waals surface area contributed by atoms with E-state index in [1.54, 1.807) is 0 Å². The number of benzene rings is 1. The molecule has 0 aromatic heterocycles. The first-order chi connectivity index (χ1) is 9.58. The molecule has 5 heteroatoms. The lowest BCUT2D eigenvalue weighted by Crippen LogP contribution is -2.63. The van der Waals surface area contributed by atoms with E-state index in [1.165, 1.54) is 12.1 Å². The molecular weight excluding hydrogens is 260 g/mol. The van der Waals surface area contributed by atoms with E-state index in [4.69, 9.17) is 5.73 Å². The fourth-order valence-corrected chi connectivity index (χ4v) is 3.12. The summed E-state index contributed by atoms with van der Waals surface area (Å²) < 4.78 is 28.6. The van der Waals surface area contributed by atoms with Gasteiger partial charge in [-0.3, -0.25) is 0 Å². The maximum Gasteiger partial charge on any atom is 0.151 e. The third-order valence-corrected chi connectivity index (χ3v) is 4.52. The number of nitrogens with zero attached hydrogens (tertiary/aromatic N) is 2. The van der Waals surface area contributed by atoms with Crippen molar-refractivity contribution in [2.24, 2.45) is 5.73 Å². The highest BCUT2D eigenvalue weighted by molar-refractivity contribution is 5.60. The quantitative estimate of drug-likeness (QED) is 0.904. The zero-order chi connectivity index (χ0) is 14.3. The summed E-state index contributed by atoms with van der Waals surface area (Å²) in [7, 11) is 0. The van der Waals surface area contributed by atoms with Gasteiger partial charge < -0.3 is 15.5 Å². The van der Waals surface area contributed by atoms with Crippen molar-refractivity contribution in [2.75, 3.05) is 29.4 Å². The third kappa shape index (κ3) is 2.24. The van der Waals surface area contributed by atoms with Crippen LogP contribution in [0.15, 0.2) is 12.1 Å². The Morgan fingerprint density at radius 3 is 2.20 bits per heavy atom. The fraction of sp³-hybridized carbons (Fsp3) is 0.600. The summed E-state index contributed by atoms with van der Waals surface area (Å²) in [5, 5.41) is 0. The van der Waals surface area contributed by atoms with Gasteiger partial charge in [-0.1, -0.05) is 0 Å². The van der Waals surface area contributed by atoms with Crippen LogP contribution in [0.5, 0.6) is 0 Å². The lowest BCUT2D eigenvalue weighted by atomic mass is 9.98. The molecule has 0 amide bonds. The van der Waals surface area contributed by atoms with Gasteiger partial charge >= 0.3 is 0 Å². The van der Waals surface area contributed by atoms with E-state index in [2.05, 4.69) is 0 Å². The van der Waals surface area contributed by atoms with Crippen LogP contribution in [-0.4, -0.2) is 31.7 Å². The smallest absolute Gasteiger partial charge is 0.151 e. The first kappa shape index (κ1) is 13.6. The molecule has 0 saturated carbocycles. The summed E-state index contributed by atoms with van der Waals surface area (Å²) in [4.78, 5) is 3.76. The zero-order valence-electron chi connectivity index (χ0n) is 11.8. The van der Waals surface area contributed by atoms with Crippen LogP contribution in [0.25, 0.3) is 0 Å². The second-order valence-corrected chi connectivity index (χ2v) is 5.86. The predicted octanol–water partition coefficient (Wildman–Crippen LogP) is 2.49. The first-order valence-electron chi connectivity index (χ1n) is 7.34. The van der Waals surface area contributed by atoms with E-state index >= 15 is 0 Å². The molecule has 0 radical (unpaired) electrons. The number of anilines is 2. The Kier molecular flexibility index (Phi) is 3.54. The second-order valence-electron chi connectivity index (χ2n) is 5.86. The van der Waals surface area contributed by atoms with Crippen LogP contribution >= 0.6 is 0 Å². The lowest BCUT2D eigenvalue weighted by Gasteiger charge is -2.46. The maximum atomic E-state index is 14.3. The van der Waals surface area contributed by atoms with Crippen LogP contribution in [0, 0.1) is 11.6 Å². The van der Waals surface area contributed by atoms with Crippen molar-refractivity contribution in [1.82, 2.24) is 0 Å². The lowest BCUT2D eigenvalue weighted by molar-refractivity contribution is 0.403. The van der Waals surface area contributed by atoms with Crippen LogP contribution in [0.1, 0.15) is 26.2 Å². The van der Waals surface area contributed by atoms with E-state index in [1.807, 2.05) is 16.7 Å². The molecule has 2 aliphatic rings. The number of rotatable bonds is 2. The maximum absolute atomic E-state index is 14.3. The molecule has 0 bridgehead atoms. The van der Waals surface area contributed by atoms with Crippen LogP contribution < -0.4 is 15.5 Å². The average Bonchev–Trinajstić information content (AvgIpc) is 2.44. The van der Waals surface area contributed by atoms with Crippen molar-refractivity contribution < 1.29 is 8.78 Å². The minimum absolute atomic E-state index is 0.0860. The number of hydrogen-bond donors (Lipinski definition) is 1. The summed E-state index contributed by atoms with van der Waals surface area (Å²) >= 11 is 0. The van der Waals surface area contributed by atoms with Crippen molar-refractivity contribution in [3.63, 3.8) is 0 Å². The number of hydrogen-bond acceptors (Lipinski definition) is 3. The highest BCUT2D eigenvalue weighted by atomic mass is 19.1. The van der Waals surface area contributed by atoms with E-state index in [0.717, 1.165) is 32.4 Å². The van der Waals surface area contributed by atoms with Crippen LogP contribution in [0.2, 0.25) is 0 Å². The first-order valence-corrected chi connectivity index (χ1v) is 7.34. The fourth-order valence-electron chi connectivity index (χ4n) is 3.12. The van der Waals surface area contributed by atoms with E-state index in [0.29, 0.717) is 12.2 Å². The molecule has 0 unspecified atom stereocenters. The van der Waals surface area contributed by atoms with E-state index < -0.39 is 11.6 Å². The molecule has 110 valence electrons. The monoisotopic (exact) mass is 281 g/mol. The van der Waals surface area contributed by atoms with Gasteiger partial charge in [-0.15, -0.1) is 0 Å². The molecule has 3 nitrogen and oxygen atoms in total. The summed E-state index contributed by atoms with van der Waals surface area (Å²) in [6.45, 7) is 4.10. The van der Waals surface area contributed by atoms with Gasteiger partial charge in [0.05, 0.1) is 0 Å². The SMILES string of the molecule is C[C@@H]1[C@@H](N)CN1c1cc(F)c(N2CCCCC2)c(F)c1. The molecule has 0 aliphatic carbocycles. The molecule has 2 atom stereocenters. The van der Waals surface area contributed by atoms with Crippen molar-refractivity contribution >= 4 is 11.4 Å². The summed E-state index contributed by atoms with van der Waals surface area (Å²) in [6.07, 6.45) is 3.14. The molecule has 2 heterocycles. The highest BCUT2D eigenvalue weighted by Crippen LogP contribution is 2.33. The minimum Gasteiger partial charge on any atom is -0.367 e. The van der Waals surface area contributed by atoms with Gasteiger partial charge in [-0.05, 0) is 38.3 Å². The average molecular weight is 281 g/mol. The van der Waals surface area contributed by atoms with Gasteiger partial charge in [-0.25, -0.2) is 8.78 Å². The van der Waals surface area contributed by atoms with Gasteiger partial charge in [-0.2, -0.15) is 0 Å². The predicted molar refractivity (Wildman–Crippen MR) is 77.2 cm³/mol. The molecule has 2 saturated heterocycles. The topological polar surface area (TPSA) is 32.5 Å². The van der Waals surface area contributed by atoms with Gasteiger partial charge in [0.25, 0.3) is 0 Å². The Morgan fingerprint density at radius 2 is 1.70 bits per heavy atom. The number of piperidine rings is 1. The molecular formula is C15H21F2N3. The molecule has 1 aromatic rings. The van der Waals surface area contributed by atoms with Gasteiger partial charge in [0.15, 0.2) is 11.6 Å². The summed E-state index contributed by atoms with van der Waals surface area (Å²) in [5.41, 5.74) is 6.56. The van der Waals surface area contributed by atoms with Crippen molar-refractivity contribution in [2.45, 2.75) is 38.3 Å². The molecule has 2 fully saturated rings. The Labute approximate surface area is 118 Å². The summed E-state index contributed by atoms with van der Waals surface area (Å²) in [6, 6.07) is 3.10. The van der Waals surface area contributed by atoms with Gasteiger partial charge in [0.1, 0.15) is 5.69 Å². The molecule has 3 rings (SSSR count). The Balaban J connectivity index is 1.86. The molecule has 1 aromatic carbocycles. The normalized spacial score (nSPS) is 26.6. The number of halogens is 2. The molecule has 20 heavy (non-hydrogen) atoms. The molecule has 2 aliphatic heterocycles. The molecule has 2 N–H and O–H groups in total. The van der Waals surface area contributed by atoms with Crippen LogP contribution in [0.3, 0.4) is 0 Å². The van der Waals surface area contributed by atoms with Crippen molar-refractivity contribution in [1.29, 1.82) is 0 Å². The second kappa shape index (κ2) is 5.20. The van der Waals surface area contributed by atoms with Crippen molar-refractivity contribution in [3.8, 4) is 0 Å². The van der Waals surface area contributed by atoms with Crippen molar-refractivity contribution in [3.05, 3.63) is 23.8 Å². The van der Waals surface area contributed by atoms with Gasteiger partial charge in [0.2, 0.25) is 0 Å². The standard InChI is InChI=1S/C15H21F2N3/c1-10-14(18)9-20(10)11-7-12(16)15(13(17)8-11)19-5-3-2-4-6-19/h7-8,10,14H,2-6,9,18H2,1H3/t10-,14+/m1/s1. The van der Waals surface area contributed by atoms with E-state index in [-0.39, 0.29) is 17.8 Å². The number of nitrogens with two attached hydrogens (primary N) is 1. The van der Waals surface area contributed by atoms with Crippen LogP contribution in [0.4, 0.5) is 20.2 Å². The van der Waals surface area contributed by atoms with Crippen LogP contribution in [-0.2, 0) is 0 Å². The Morgan fingerprint density at radius 1 is 1.10 bits per heavy atom. The van der Waals surface area contributed by atoms with E-state index in [9.17, 15) is 8.78 Å². The third-order valence-electron chi connectivity index (χ3n) is 4.52. The summed E-state index contributed by atoms with van der Waals surface area (Å²) in [5.74, 6) is -0.927. The Hall–Kier alpha value is -1.36. The largest absolute Gasteiger partial charge is 0.367 e. The Bertz CT molecular complexity index is 477. The highest BCUT2D eigenvalue weighted by Gasteiger charge is 2.33. The minimum atomic E-state index is -0.463. The molecule has 0 spiro atoms. The van der Waals surface area contributed by atoms with Gasteiger partial charge in [0, 0.05) is 37.4 Å². The zero-order valence-corrected chi connectivity index (χ0v) is 11.8.